The van der Waals surface area contributed by atoms with Gasteiger partial charge in [0.25, 0.3) is 5.56 Å². The highest BCUT2D eigenvalue weighted by Crippen LogP contribution is 2.50. The molecule has 0 saturated carbocycles. The van der Waals surface area contributed by atoms with E-state index in [2.05, 4.69) is 61.6 Å². The van der Waals surface area contributed by atoms with Crippen LogP contribution in [0, 0.1) is 6.92 Å². The molecule has 202 valence electrons. The number of ether oxygens (including phenoxy) is 1. The van der Waals surface area contributed by atoms with Crippen LogP contribution in [0.3, 0.4) is 0 Å². The Morgan fingerprint density at radius 3 is 2.57 bits per heavy atom. The average molecular weight is 544 g/mol. The zero-order valence-electron chi connectivity index (χ0n) is 22.9. The van der Waals surface area contributed by atoms with Crippen molar-refractivity contribution in [1.29, 1.82) is 0 Å². The molecule has 1 aliphatic heterocycles. The van der Waals surface area contributed by atoms with Crippen LogP contribution >= 0.6 is 23.4 Å². The van der Waals surface area contributed by atoms with Crippen molar-refractivity contribution < 1.29 is 4.74 Å². The van der Waals surface area contributed by atoms with Gasteiger partial charge in [0.2, 0.25) is 0 Å². The van der Waals surface area contributed by atoms with Gasteiger partial charge in [-0.2, -0.15) is 0 Å². The summed E-state index contributed by atoms with van der Waals surface area (Å²) >= 11 is 7.33. The number of nitrogens with two attached hydrogens (primary N) is 1. The predicted octanol–water partition coefficient (Wildman–Crippen LogP) is 8.36. The third kappa shape index (κ3) is 8.27. The van der Waals surface area contributed by atoms with Crippen LogP contribution in [0.4, 0.5) is 0 Å². The lowest BCUT2D eigenvalue weighted by atomic mass is 9.76. The molecule has 7 heteroatoms. The fourth-order valence-electron chi connectivity index (χ4n) is 4.78. The zero-order chi connectivity index (χ0) is 27.4. The lowest BCUT2D eigenvalue weighted by Crippen LogP contribution is -2.37. The van der Waals surface area contributed by atoms with Crippen molar-refractivity contribution in [2.24, 2.45) is 5.73 Å². The number of fused-ring (bicyclic) bond motifs is 1. The maximum atomic E-state index is 11.4. The maximum Gasteiger partial charge on any atom is 0.270 e. The van der Waals surface area contributed by atoms with Gasteiger partial charge in [-0.25, -0.2) is 0 Å². The quantitative estimate of drug-likeness (QED) is 0.169. The van der Waals surface area contributed by atoms with Crippen molar-refractivity contribution in [3.05, 3.63) is 86.4 Å². The zero-order valence-corrected chi connectivity index (χ0v) is 24.5. The number of thioether (sulfide) groups is 1. The van der Waals surface area contributed by atoms with E-state index in [0.29, 0.717) is 26.6 Å². The van der Waals surface area contributed by atoms with Crippen molar-refractivity contribution in [2.45, 2.75) is 96.1 Å². The summed E-state index contributed by atoms with van der Waals surface area (Å²) in [6.07, 6.45) is 13.9. The number of hydrogen-bond donors (Lipinski definition) is 2. The second-order valence-electron chi connectivity index (χ2n) is 9.34. The van der Waals surface area contributed by atoms with Crippen LogP contribution in [-0.4, -0.2) is 15.6 Å². The number of para-hydroxylation sites is 1. The Bertz CT molecular complexity index is 1160. The maximum absolute atomic E-state index is 11.4. The van der Waals surface area contributed by atoms with Gasteiger partial charge >= 0.3 is 0 Å². The van der Waals surface area contributed by atoms with E-state index in [1.807, 2.05) is 13.0 Å². The number of unbranched alkanes of at least 4 members (excludes halogenated alkanes) is 2. The standard InChI is InChI=1S/C18H28O.C12H14ClN3OS/c1-4-7-10-14-18(13-5-2)16(6-3)15-11-8-9-12-17(15)19-18;1-4-5-9(11(13)7(2)14)18-10-6-15-8(3)12(17)16-10/h8-9,11-12,16H,4-7,10,13-14H2,1-3H3;4-6H,2,14H2,1,3H3,(H,16,17)/b;5-4-,11-9-/t16-,18?;/m1./s1. The molecule has 0 bridgehead atoms. The molecule has 2 aromatic rings. The average Bonchev–Trinajstić information content (AvgIpc) is 3.19. The first-order valence-corrected chi connectivity index (χ1v) is 14.4. The molecule has 3 rings (SSSR count). The van der Waals surface area contributed by atoms with E-state index in [1.165, 1.54) is 62.3 Å². The number of aromatic nitrogens is 2. The summed E-state index contributed by atoms with van der Waals surface area (Å²) in [6, 6.07) is 8.66. The summed E-state index contributed by atoms with van der Waals surface area (Å²) < 4.78 is 6.49. The summed E-state index contributed by atoms with van der Waals surface area (Å²) in [7, 11) is 0. The van der Waals surface area contributed by atoms with Gasteiger partial charge in [-0.1, -0.05) is 100 Å². The van der Waals surface area contributed by atoms with Crippen LogP contribution in [-0.2, 0) is 0 Å². The Balaban J connectivity index is 0.000000261. The molecule has 0 amide bonds. The van der Waals surface area contributed by atoms with E-state index >= 15 is 0 Å². The van der Waals surface area contributed by atoms with E-state index in [0.717, 1.165) is 5.75 Å². The summed E-state index contributed by atoms with van der Waals surface area (Å²) in [6.45, 7) is 13.9. The normalized spacial score (nSPS) is 19.0. The highest BCUT2D eigenvalue weighted by molar-refractivity contribution is 8.03. The molecule has 0 fully saturated rings. The fourth-order valence-corrected chi connectivity index (χ4v) is 5.87. The molecular formula is C30H42ClN3O2S. The van der Waals surface area contributed by atoms with Gasteiger partial charge in [0.15, 0.2) is 0 Å². The van der Waals surface area contributed by atoms with E-state index in [9.17, 15) is 4.79 Å². The fraction of sp³-hybridized carbons (Fsp3) is 0.467. The summed E-state index contributed by atoms with van der Waals surface area (Å²) in [4.78, 5) is 18.8. The van der Waals surface area contributed by atoms with Crippen LogP contribution in [0.1, 0.15) is 89.8 Å². The van der Waals surface area contributed by atoms with E-state index in [-0.39, 0.29) is 16.9 Å². The molecule has 3 N–H and O–H groups in total. The number of H-pyrrole nitrogens is 1. The molecular weight excluding hydrogens is 502 g/mol. The lowest BCUT2D eigenvalue weighted by Gasteiger charge is -2.34. The van der Waals surface area contributed by atoms with Crippen molar-refractivity contribution in [2.75, 3.05) is 0 Å². The SMILES string of the molecule is C=C(N)/C(Cl)=C(\C=C/C)Sc1cnc(C)c(=O)[nH]1.CCCCCC1(CCC)Oc2ccccc2[C@H]1CC. The van der Waals surface area contributed by atoms with Gasteiger partial charge in [-0.3, -0.25) is 9.78 Å². The predicted molar refractivity (Wildman–Crippen MR) is 158 cm³/mol. The number of rotatable bonds is 11. The minimum absolute atomic E-state index is 0.0718. The van der Waals surface area contributed by atoms with Crippen LogP contribution in [0.5, 0.6) is 5.75 Å². The lowest BCUT2D eigenvalue weighted by molar-refractivity contribution is 0.0441. The second kappa shape index (κ2) is 15.1. The Hall–Kier alpha value is -2.44. The number of allylic oxidation sites excluding steroid dienone is 3. The smallest absolute Gasteiger partial charge is 0.270 e. The Kier molecular flexibility index (Phi) is 12.6. The molecule has 1 aliphatic rings. The molecule has 1 unspecified atom stereocenters. The third-order valence-corrected chi connectivity index (χ3v) is 8.05. The Labute approximate surface area is 231 Å². The first kappa shape index (κ1) is 30.8. The molecule has 0 radical (unpaired) electrons. The number of nitrogens with one attached hydrogen (secondary N) is 1. The number of halogens is 1. The molecule has 2 heterocycles. The van der Waals surface area contributed by atoms with Crippen LogP contribution in [0.25, 0.3) is 0 Å². The van der Waals surface area contributed by atoms with Crippen molar-refractivity contribution >= 4 is 23.4 Å². The number of aryl methyl sites for hydroxylation is 1. The van der Waals surface area contributed by atoms with Gasteiger partial charge in [0, 0.05) is 22.1 Å². The monoisotopic (exact) mass is 543 g/mol. The van der Waals surface area contributed by atoms with Crippen LogP contribution in [0.2, 0.25) is 0 Å². The third-order valence-electron chi connectivity index (χ3n) is 6.50. The van der Waals surface area contributed by atoms with Gasteiger partial charge in [0.1, 0.15) is 17.0 Å². The van der Waals surface area contributed by atoms with Crippen LogP contribution in [0.15, 0.2) is 74.6 Å². The van der Waals surface area contributed by atoms with Crippen LogP contribution < -0.4 is 16.0 Å². The topological polar surface area (TPSA) is 81.0 Å². The highest BCUT2D eigenvalue weighted by Gasteiger charge is 2.45. The Morgan fingerprint density at radius 1 is 1.24 bits per heavy atom. The van der Waals surface area contributed by atoms with E-state index in [4.69, 9.17) is 22.1 Å². The molecule has 0 aliphatic carbocycles. The summed E-state index contributed by atoms with van der Waals surface area (Å²) in [5, 5.41) is 0.956. The van der Waals surface area contributed by atoms with Crippen molar-refractivity contribution in [3.63, 3.8) is 0 Å². The number of benzene rings is 1. The Morgan fingerprint density at radius 2 is 1.97 bits per heavy atom. The molecule has 1 aromatic heterocycles. The first-order valence-electron chi connectivity index (χ1n) is 13.2. The molecule has 0 spiro atoms. The number of nitrogens with zero attached hydrogens (tertiary/aromatic N) is 1. The second-order valence-corrected chi connectivity index (χ2v) is 10.8. The van der Waals surface area contributed by atoms with Gasteiger partial charge < -0.3 is 15.5 Å². The summed E-state index contributed by atoms with van der Waals surface area (Å²) in [5.41, 5.74) is 7.55. The molecule has 5 nitrogen and oxygen atoms in total. The molecule has 0 saturated heterocycles. The van der Waals surface area contributed by atoms with Gasteiger partial charge in [-0.15, -0.1) is 0 Å². The van der Waals surface area contributed by atoms with E-state index in [1.54, 1.807) is 19.2 Å². The summed E-state index contributed by atoms with van der Waals surface area (Å²) in [5.74, 6) is 1.72. The van der Waals surface area contributed by atoms with Gasteiger partial charge in [-0.05, 0) is 45.6 Å². The van der Waals surface area contributed by atoms with Crippen molar-refractivity contribution in [3.8, 4) is 5.75 Å². The minimum Gasteiger partial charge on any atom is -0.486 e. The molecule has 2 atom stereocenters. The number of hydrogen-bond acceptors (Lipinski definition) is 5. The minimum atomic E-state index is -0.220. The number of aromatic amines is 1. The van der Waals surface area contributed by atoms with E-state index < -0.39 is 0 Å². The first-order chi connectivity index (χ1) is 17.7. The van der Waals surface area contributed by atoms with Gasteiger partial charge in [0.05, 0.1) is 16.3 Å². The van der Waals surface area contributed by atoms with Crippen molar-refractivity contribution in [1.82, 2.24) is 9.97 Å². The highest BCUT2D eigenvalue weighted by atomic mass is 35.5. The largest absolute Gasteiger partial charge is 0.486 e. The molecule has 1 aromatic carbocycles. The molecule has 37 heavy (non-hydrogen) atoms.